The van der Waals surface area contributed by atoms with Gasteiger partial charge in [-0.15, -0.1) is 0 Å². The molecule has 4 unspecified atom stereocenters. The molecule has 0 aromatic rings. The molecule has 0 radical (unpaired) electrons. The first-order chi connectivity index (χ1) is 45.6. The largest absolute Gasteiger partial charge is 0.472 e. The highest BCUT2D eigenvalue weighted by atomic mass is 31.2. The van der Waals surface area contributed by atoms with Gasteiger partial charge in [0, 0.05) is 25.7 Å². The van der Waals surface area contributed by atoms with Crippen LogP contribution in [0.3, 0.4) is 0 Å². The van der Waals surface area contributed by atoms with E-state index in [1.165, 1.54) is 173 Å². The highest BCUT2D eigenvalue weighted by molar-refractivity contribution is 7.47. The van der Waals surface area contributed by atoms with Crippen LogP contribution in [0.25, 0.3) is 0 Å². The lowest BCUT2D eigenvalue weighted by molar-refractivity contribution is -0.161. The fourth-order valence-electron chi connectivity index (χ4n) is 11.5. The zero-order chi connectivity index (χ0) is 70.3. The summed E-state index contributed by atoms with van der Waals surface area (Å²) in [6.45, 7) is 14.1. The molecule has 95 heavy (non-hydrogen) atoms. The van der Waals surface area contributed by atoms with Gasteiger partial charge in [-0.2, -0.15) is 0 Å². The average molecular weight is 1400 g/mol. The molecule has 0 saturated heterocycles. The maximum Gasteiger partial charge on any atom is 0.472 e. The molecule has 564 valence electrons. The normalized spacial score (nSPS) is 14.4. The minimum atomic E-state index is -4.96. The van der Waals surface area contributed by atoms with Crippen LogP contribution in [0.5, 0.6) is 0 Å². The molecule has 0 bridgehead atoms. The number of aliphatic hydroxyl groups excluding tert-OH is 1. The molecule has 0 aliphatic heterocycles. The maximum atomic E-state index is 13.1. The summed E-state index contributed by atoms with van der Waals surface area (Å²) >= 11 is 0. The summed E-state index contributed by atoms with van der Waals surface area (Å²) in [5.41, 5.74) is 0. The molecule has 0 heterocycles. The van der Waals surface area contributed by atoms with Crippen molar-refractivity contribution < 1.29 is 80.2 Å². The van der Waals surface area contributed by atoms with E-state index in [0.29, 0.717) is 37.5 Å². The van der Waals surface area contributed by atoms with Gasteiger partial charge in [0.25, 0.3) is 0 Å². The van der Waals surface area contributed by atoms with Gasteiger partial charge in [-0.3, -0.25) is 37.3 Å². The first kappa shape index (κ1) is 93.1. The minimum absolute atomic E-state index is 0.106. The van der Waals surface area contributed by atoms with Crippen molar-refractivity contribution in [1.29, 1.82) is 0 Å². The van der Waals surface area contributed by atoms with Gasteiger partial charge in [0.15, 0.2) is 12.2 Å². The monoisotopic (exact) mass is 1400 g/mol. The molecule has 19 heteroatoms. The molecule has 0 aromatic carbocycles. The third kappa shape index (κ3) is 69.0. The van der Waals surface area contributed by atoms with Gasteiger partial charge in [0.1, 0.15) is 19.3 Å². The van der Waals surface area contributed by atoms with Crippen LogP contribution in [0.4, 0.5) is 0 Å². The van der Waals surface area contributed by atoms with Crippen molar-refractivity contribution in [3.05, 3.63) is 0 Å². The minimum Gasteiger partial charge on any atom is -0.462 e. The lowest BCUT2D eigenvalue weighted by Gasteiger charge is -2.21. The molecular formula is C76H148O17P2. The van der Waals surface area contributed by atoms with Crippen LogP contribution in [0, 0.1) is 23.7 Å². The van der Waals surface area contributed by atoms with Gasteiger partial charge in [-0.05, 0) is 49.4 Å². The summed E-state index contributed by atoms with van der Waals surface area (Å²) < 4.78 is 68.5. The third-order valence-electron chi connectivity index (χ3n) is 17.9. The Morgan fingerprint density at radius 2 is 0.505 bits per heavy atom. The Hall–Kier alpha value is -1.94. The van der Waals surface area contributed by atoms with Gasteiger partial charge in [0.2, 0.25) is 0 Å². The van der Waals surface area contributed by atoms with Crippen LogP contribution in [0.15, 0.2) is 0 Å². The number of unbranched alkanes of at least 4 members (excludes halogenated alkanes) is 38. The summed E-state index contributed by atoms with van der Waals surface area (Å²) in [5, 5.41) is 10.6. The molecule has 0 aliphatic carbocycles. The summed E-state index contributed by atoms with van der Waals surface area (Å²) in [7, 11) is -9.91. The number of phosphoric acid groups is 2. The van der Waals surface area contributed by atoms with Crippen molar-refractivity contribution in [3.8, 4) is 0 Å². The van der Waals surface area contributed by atoms with Crippen LogP contribution in [0.2, 0.25) is 0 Å². The summed E-state index contributed by atoms with van der Waals surface area (Å²) in [6.07, 6.45) is 50.2. The zero-order valence-electron chi connectivity index (χ0n) is 62.3. The number of hydrogen-bond acceptors (Lipinski definition) is 15. The van der Waals surface area contributed by atoms with Gasteiger partial charge < -0.3 is 33.8 Å². The Balaban J connectivity index is 5.19. The number of ether oxygens (including phenoxy) is 4. The predicted octanol–water partition coefficient (Wildman–Crippen LogP) is 22.0. The lowest BCUT2D eigenvalue weighted by Crippen LogP contribution is -2.30. The number of phosphoric ester groups is 2. The van der Waals surface area contributed by atoms with E-state index in [4.69, 9.17) is 37.0 Å². The molecule has 0 fully saturated rings. The number of esters is 4. The number of hydrogen-bond donors (Lipinski definition) is 3. The number of rotatable bonds is 73. The quantitative estimate of drug-likeness (QED) is 0.0222. The second-order valence-corrected chi connectivity index (χ2v) is 32.0. The average Bonchev–Trinajstić information content (AvgIpc) is 1.47. The Bertz CT molecular complexity index is 1870. The smallest absolute Gasteiger partial charge is 0.462 e. The summed E-state index contributed by atoms with van der Waals surface area (Å²) in [4.78, 5) is 72.7. The van der Waals surface area contributed by atoms with Crippen molar-refractivity contribution in [1.82, 2.24) is 0 Å². The predicted molar refractivity (Wildman–Crippen MR) is 386 cm³/mol. The number of aliphatic hydroxyl groups is 1. The topological polar surface area (TPSA) is 237 Å². The molecule has 0 spiro atoms. The molecule has 3 N–H and O–H groups in total. The maximum absolute atomic E-state index is 13.1. The van der Waals surface area contributed by atoms with E-state index in [9.17, 15) is 43.2 Å². The molecule has 0 rings (SSSR count). The van der Waals surface area contributed by atoms with E-state index >= 15 is 0 Å². The molecule has 0 amide bonds. The highest BCUT2D eigenvalue weighted by Gasteiger charge is 2.30. The molecule has 0 aliphatic rings. The standard InChI is InChI=1S/C76H148O17P2/c1-9-69(8)55-47-39-30-24-20-16-13-14-18-22-26-32-43-51-58-75(80)92-71(62-86-73(78)56-48-40-33-27-29-37-45-53-67(4)5)64-90-94(82,83)88-60-70(77)61-89-95(84,85)91-65-72(63-87-74(79)57-49-41-35-34-38-46-54-68(6)7)93-76(81)59-50-42-31-25-21-17-12-10-11-15-19-23-28-36-44-52-66(2)3/h66-72,77H,9-65H2,1-8H3,(H,82,83)(H,84,85)/t69?,70?,71-,72-/m1/s1. The molecular weight excluding hydrogens is 1250 g/mol. The Kier molecular flexibility index (Phi) is 64.0. The van der Waals surface area contributed by atoms with Crippen LogP contribution >= 0.6 is 15.6 Å². The van der Waals surface area contributed by atoms with Crippen molar-refractivity contribution in [2.24, 2.45) is 23.7 Å². The highest BCUT2D eigenvalue weighted by Crippen LogP contribution is 2.45. The van der Waals surface area contributed by atoms with Gasteiger partial charge in [-0.25, -0.2) is 9.13 Å². The van der Waals surface area contributed by atoms with Crippen molar-refractivity contribution in [2.75, 3.05) is 39.6 Å². The van der Waals surface area contributed by atoms with Crippen molar-refractivity contribution in [3.63, 3.8) is 0 Å². The van der Waals surface area contributed by atoms with Gasteiger partial charge >= 0.3 is 39.5 Å². The third-order valence-corrected chi connectivity index (χ3v) is 19.8. The Labute approximate surface area is 581 Å². The van der Waals surface area contributed by atoms with E-state index < -0.39 is 97.5 Å². The fourth-order valence-corrected chi connectivity index (χ4v) is 13.1. The molecule has 0 saturated carbocycles. The van der Waals surface area contributed by atoms with E-state index in [2.05, 4.69) is 55.4 Å². The second-order valence-electron chi connectivity index (χ2n) is 29.1. The van der Waals surface area contributed by atoms with Crippen molar-refractivity contribution in [2.45, 2.75) is 401 Å². The summed E-state index contributed by atoms with van der Waals surface area (Å²) in [6, 6.07) is 0. The first-order valence-corrected chi connectivity index (χ1v) is 42.2. The second kappa shape index (κ2) is 65.4. The van der Waals surface area contributed by atoms with E-state index in [-0.39, 0.29) is 25.7 Å². The summed E-state index contributed by atoms with van der Waals surface area (Å²) in [5.74, 6) is 0.909. The van der Waals surface area contributed by atoms with E-state index in [1.807, 2.05) is 0 Å². The molecule has 17 nitrogen and oxygen atoms in total. The molecule has 6 atom stereocenters. The van der Waals surface area contributed by atoms with Crippen LogP contribution in [0.1, 0.15) is 383 Å². The van der Waals surface area contributed by atoms with E-state index in [1.54, 1.807) is 0 Å². The van der Waals surface area contributed by atoms with Crippen LogP contribution in [-0.2, 0) is 65.4 Å². The Morgan fingerprint density at radius 3 is 0.747 bits per heavy atom. The van der Waals surface area contributed by atoms with Gasteiger partial charge in [-0.1, -0.05) is 331 Å². The molecule has 0 aromatic heterocycles. The fraction of sp³-hybridized carbons (Fsp3) is 0.947. The lowest BCUT2D eigenvalue weighted by atomic mass is 9.99. The van der Waals surface area contributed by atoms with Gasteiger partial charge in [0.05, 0.1) is 26.4 Å². The Morgan fingerprint density at radius 1 is 0.295 bits per heavy atom. The van der Waals surface area contributed by atoms with Crippen molar-refractivity contribution >= 4 is 39.5 Å². The SMILES string of the molecule is CCC(C)CCCCCCCCCCCCCCCCC(=O)O[C@H](COC(=O)CCCCCCCCCC(C)C)COP(=O)(O)OCC(O)COP(=O)(O)OC[C@@H](COC(=O)CCCCCCCCC(C)C)OC(=O)CCCCCCCCCCCCCCCCCC(C)C. The first-order valence-electron chi connectivity index (χ1n) is 39.2. The van der Waals surface area contributed by atoms with Crippen LogP contribution in [-0.4, -0.2) is 96.7 Å². The number of carbonyl (C=O) groups excluding carboxylic acids is 4. The van der Waals surface area contributed by atoms with Crippen LogP contribution < -0.4 is 0 Å². The van der Waals surface area contributed by atoms with E-state index in [0.717, 1.165) is 115 Å². The number of carbonyl (C=O) groups is 4. The zero-order valence-corrected chi connectivity index (χ0v) is 64.1.